The molecule has 0 radical (unpaired) electrons. The normalized spacial score (nSPS) is 25.7. The van der Waals surface area contributed by atoms with Crippen molar-refractivity contribution in [1.82, 2.24) is 10.6 Å². The Balaban J connectivity index is 2.10. The van der Waals surface area contributed by atoms with Gasteiger partial charge in [0.05, 0.1) is 12.1 Å². The predicted octanol–water partition coefficient (Wildman–Crippen LogP) is -1.37. The van der Waals surface area contributed by atoms with E-state index in [1.54, 1.807) is 0 Å². The van der Waals surface area contributed by atoms with Crippen molar-refractivity contribution >= 4 is 23.7 Å². The fourth-order valence-corrected chi connectivity index (χ4v) is 4.66. The number of aliphatic hydroxyl groups excluding tert-OH is 2. The van der Waals surface area contributed by atoms with Crippen molar-refractivity contribution < 1.29 is 34.5 Å². The third-order valence-corrected chi connectivity index (χ3v) is 6.27. The monoisotopic (exact) mass is 452 g/mol. The largest absolute Gasteiger partial charge is 0.550 e. The van der Waals surface area contributed by atoms with Crippen LogP contribution in [-0.2, 0) is 19.2 Å². The van der Waals surface area contributed by atoms with Gasteiger partial charge in [-0.25, -0.2) is 0 Å². The minimum absolute atomic E-state index is 0.0478. The first-order valence-corrected chi connectivity index (χ1v) is 11.1. The molecule has 0 unspecified atom stereocenters. The van der Waals surface area contributed by atoms with Crippen LogP contribution in [0, 0.1) is 11.3 Å². The minimum atomic E-state index is -1.33. The van der Waals surface area contributed by atoms with Crippen molar-refractivity contribution in [3.8, 4) is 0 Å². The highest BCUT2D eigenvalue weighted by atomic mass is 16.4. The van der Waals surface area contributed by atoms with Gasteiger partial charge in [0.1, 0.15) is 12.1 Å². The maximum atomic E-state index is 12.7. The van der Waals surface area contributed by atoms with Gasteiger partial charge in [-0.05, 0) is 37.0 Å². The van der Waals surface area contributed by atoms with Crippen molar-refractivity contribution in [2.24, 2.45) is 17.1 Å². The summed E-state index contributed by atoms with van der Waals surface area (Å²) in [5.74, 6) is -2.86. The lowest BCUT2D eigenvalue weighted by Gasteiger charge is -2.33. The molecule has 10 nitrogen and oxygen atoms in total. The molecule has 0 spiro atoms. The quantitative estimate of drug-likeness (QED) is 0.271. The zero-order valence-corrected chi connectivity index (χ0v) is 18.6. The molecule has 0 bridgehead atoms. The molecule has 6 N–H and O–H groups in total. The molecule has 0 saturated heterocycles. The van der Waals surface area contributed by atoms with E-state index in [-0.39, 0.29) is 30.8 Å². The molecule has 2 aliphatic rings. The fraction of sp³-hybridized carbons (Fsp3) is 0.727. The van der Waals surface area contributed by atoms with E-state index in [4.69, 9.17) is 5.73 Å². The number of amides is 3. The molecule has 0 aromatic heterocycles. The zero-order chi connectivity index (χ0) is 24.1. The SMILES string of the molecule is CC(C)C[C@@H](NC(=O)C1=C[C@@H](NC(=O)CC2(CC(=O)[O-])CCCC2)[C@@H](O)[C@H](O)C1)C(N)=O. The third-order valence-electron chi connectivity index (χ3n) is 6.27. The number of carboxylic acids is 1. The Hall–Kier alpha value is -2.46. The zero-order valence-electron chi connectivity index (χ0n) is 18.6. The first-order chi connectivity index (χ1) is 14.9. The van der Waals surface area contributed by atoms with Gasteiger partial charge in [-0.15, -0.1) is 0 Å². The van der Waals surface area contributed by atoms with Crippen LogP contribution in [0.5, 0.6) is 0 Å². The predicted molar refractivity (Wildman–Crippen MR) is 112 cm³/mol. The van der Waals surface area contributed by atoms with Crippen LogP contribution in [0.4, 0.5) is 0 Å². The summed E-state index contributed by atoms with van der Waals surface area (Å²) in [5.41, 5.74) is 4.80. The number of aliphatic carboxylic acids is 1. The van der Waals surface area contributed by atoms with Crippen LogP contribution in [-0.4, -0.2) is 58.2 Å². The first kappa shape index (κ1) is 25.8. The third kappa shape index (κ3) is 7.03. The molecular weight excluding hydrogens is 418 g/mol. The number of carbonyl (C=O) groups is 4. The van der Waals surface area contributed by atoms with Crippen molar-refractivity contribution in [3.63, 3.8) is 0 Å². The van der Waals surface area contributed by atoms with Crippen LogP contribution in [0.25, 0.3) is 0 Å². The molecule has 0 aromatic carbocycles. The second-order valence-electron chi connectivity index (χ2n) is 9.54. The highest BCUT2D eigenvalue weighted by Crippen LogP contribution is 2.43. The first-order valence-electron chi connectivity index (χ1n) is 11.1. The van der Waals surface area contributed by atoms with Crippen molar-refractivity contribution in [3.05, 3.63) is 11.6 Å². The highest BCUT2D eigenvalue weighted by molar-refractivity contribution is 5.97. The number of nitrogens with two attached hydrogens (primary N) is 1. The van der Waals surface area contributed by atoms with Gasteiger partial charge in [0.25, 0.3) is 0 Å². The maximum Gasteiger partial charge on any atom is 0.247 e. The lowest BCUT2D eigenvalue weighted by Crippen LogP contribution is -2.52. The Morgan fingerprint density at radius 2 is 1.81 bits per heavy atom. The number of carboxylic acid groups (broad SMARTS) is 1. The smallest absolute Gasteiger partial charge is 0.247 e. The number of hydrogen-bond donors (Lipinski definition) is 5. The molecule has 10 heteroatoms. The topological polar surface area (TPSA) is 182 Å². The van der Waals surface area contributed by atoms with Crippen LogP contribution in [0.1, 0.15) is 65.2 Å². The molecule has 1 fully saturated rings. The molecule has 0 aromatic rings. The molecule has 0 heterocycles. The van der Waals surface area contributed by atoms with E-state index in [9.17, 15) is 34.5 Å². The van der Waals surface area contributed by atoms with E-state index in [0.717, 1.165) is 12.8 Å². The Morgan fingerprint density at radius 1 is 1.19 bits per heavy atom. The molecule has 2 aliphatic carbocycles. The lowest BCUT2D eigenvalue weighted by atomic mass is 9.79. The Kier molecular flexibility index (Phi) is 8.80. The van der Waals surface area contributed by atoms with E-state index in [1.165, 1.54) is 6.08 Å². The van der Waals surface area contributed by atoms with Crippen LogP contribution in [0.2, 0.25) is 0 Å². The standard InChI is InChI=1S/C22H35N3O7/c1-12(2)7-15(20(23)31)25-21(32)13-8-14(19(30)16(26)9-13)24-17(27)10-22(11-18(28)29)5-3-4-6-22/h8,12,14-16,19,26,30H,3-7,9-11H2,1-2H3,(H2,23,31)(H,24,27)(H,25,32)(H,28,29)/p-1/t14-,15-,16-,19-/m1/s1. The molecule has 32 heavy (non-hydrogen) atoms. The summed E-state index contributed by atoms with van der Waals surface area (Å²) in [6.45, 7) is 3.76. The van der Waals surface area contributed by atoms with Gasteiger partial charge in [-0.1, -0.05) is 32.8 Å². The summed E-state index contributed by atoms with van der Waals surface area (Å²) in [4.78, 5) is 48.1. The van der Waals surface area contributed by atoms with Crippen molar-refractivity contribution in [2.75, 3.05) is 0 Å². The fourth-order valence-electron chi connectivity index (χ4n) is 4.66. The van der Waals surface area contributed by atoms with E-state index in [2.05, 4.69) is 10.6 Å². The van der Waals surface area contributed by atoms with E-state index < -0.39 is 53.4 Å². The van der Waals surface area contributed by atoms with Gasteiger partial charge in [0.15, 0.2) is 0 Å². The summed E-state index contributed by atoms with van der Waals surface area (Å²) in [6.07, 6.45) is 1.50. The number of carbonyl (C=O) groups excluding carboxylic acids is 4. The Bertz CT molecular complexity index is 759. The summed E-state index contributed by atoms with van der Waals surface area (Å²) < 4.78 is 0. The number of rotatable bonds is 10. The minimum Gasteiger partial charge on any atom is -0.550 e. The van der Waals surface area contributed by atoms with Gasteiger partial charge in [-0.3, -0.25) is 14.4 Å². The molecule has 180 valence electrons. The Labute approximate surface area is 187 Å². The van der Waals surface area contributed by atoms with Gasteiger partial charge in [0, 0.05) is 24.4 Å². The number of nitrogens with one attached hydrogen (secondary N) is 2. The van der Waals surface area contributed by atoms with E-state index >= 15 is 0 Å². The molecule has 3 amide bonds. The summed E-state index contributed by atoms with van der Waals surface area (Å²) in [6, 6.07) is -1.92. The van der Waals surface area contributed by atoms with Crippen LogP contribution < -0.4 is 21.5 Å². The van der Waals surface area contributed by atoms with Crippen molar-refractivity contribution in [2.45, 2.75) is 89.5 Å². The van der Waals surface area contributed by atoms with Gasteiger partial charge >= 0.3 is 0 Å². The summed E-state index contributed by atoms with van der Waals surface area (Å²) in [5, 5.41) is 36.9. The number of hydrogen-bond acceptors (Lipinski definition) is 7. The van der Waals surface area contributed by atoms with E-state index in [1.807, 2.05) is 13.8 Å². The number of aliphatic hydroxyl groups is 2. The second-order valence-corrected chi connectivity index (χ2v) is 9.54. The van der Waals surface area contributed by atoms with Gasteiger partial charge in [-0.2, -0.15) is 0 Å². The molecular formula is C22H34N3O7-. The molecule has 0 aliphatic heterocycles. The van der Waals surface area contributed by atoms with Crippen molar-refractivity contribution in [1.29, 1.82) is 0 Å². The highest BCUT2D eigenvalue weighted by Gasteiger charge is 2.38. The van der Waals surface area contributed by atoms with Gasteiger partial charge in [0.2, 0.25) is 17.7 Å². The second kappa shape index (κ2) is 10.9. The summed E-state index contributed by atoms with van der Waals surface area (Å²) >= 11 is 0. The average molecular weight is 453 g/mol. The van der Waals surface area contributed by atoms with Crippen LogP contribution >= 0.6 is 0 Å². The average Bonchev–Trinajstić information content (AvgIpc) is 3.10. The van der Waals surface area contributed by atoms with Crippen LogP contribution in [0.3, 0.4) is 0 Å². The molecule has 4 atom stereocenters. The van der Waals surface area contributed by atoms with Crippen LogP contribution in [0.15, 0.2) is 11.6 Å². The Morgan fingerprint density at radius 3 is 2.34 bits per heavy atom. The summed E-state index contributed by atoms with van der Waals surface area (Å²) in [7, 11) is 0. The van der Waals surface area contributed by atoms with Gasteiger partial charge < -0.3 is 36.5 Å². The lowest BCUT2D eigenvalue weighted by molar-refractivity contribution is -0.308. The molecule has 1 saturated carbocycles. The number of primary amides is 1. The molecule has 2 rings (SSSR count). The maximum absolute atomic E-state index is 12.7. The van der Waals surface area contributed by atoms with E-state index in [0.29, 0.717) is 19.3 Å².